The number of unbranched alkanes of at least 4 members (excludes halogenated alkanes) is 12. The van der Waals surface area contributed by atoms with Crippen molar-refractivity contribution in [3.8, 4) is 11.4 Å². The number of aromatic nitrogens is 2. The van der Waals surface area contributed by atoms with Gasteiger partial charge in [-0.1, -0.05) is 64.2 Å². The molecule has 280 valence electrons. The molecule has 0 amide bonds. The van der Waals surface area contributed by atoms with Crippen molar-refractivity contribution < 1.29 is 26.6 Å². The summed E-state index contributed by atoms with van der Waals surface area (Å²) in [5.74, 6) is 0. The summed E-state index contributed by atoms with van der Waals surface area (Å²) in [5.41, 5.74) is 4.68. The SMILES string of the molecule is CCO[Si](CCCCCCCCCc1ccnc(-c2cc(CCCCCCCCC[Si](OCC)(OCC)OCC)ccn2)c1)(OC)OCC. The first-order chi connectivity index (χ1) is 24.0. The van der Waals surface area contributed by atoms with Gasteiger partial charge in [-0.3, -0.25) is 9.97 Å². The summed E-state index contributed by atoms with van der Waals surface area (Å²) < 4.78 is 35.5. The zero-order valence-electron chi connectivity index (χ0n) is 32.1. The zero-order chi connectivity index (χ0) is 35.5. The second-order valence-electron chi connectivity index (χ2n) is 12.8. The van der Waals surface area contributed by atoms with E-state index in [1.54, 1.807) is 7.11 Å². The Kier molecular flexibility index (Phi) is 24.2. The van der Waals surface area contributed by atoms with Gasteiger partial charge in [-0.05, 0) is 109 Å². The van der Waals surface area contributed by atoms with Crippen LogP contribution in [-0.4, -0.2) is 67.7 Å². The summed E-state index contributed by atoms with van der Waals surface area (Å²) in [4.78, 5) is 9.33. The number of aryl methyl sites for hydroxylation is 2. The molecule has 0 fully saturated rings. The van der Waals surface area contributed by atoms with Crippen molar-refractivity contribution in [2.75, 3.05) is 40.1 Å². The van der Waals surface area contributed by atoms with Crippen LogP contribution in [0.15, 0.2) is 36.7 Å². The second kappa shape index (κ2) is 27.2. The molecule has 49 heavy (non-hydrogen) atoms. The summed E-state index contributed by atoms with van der Waals surface area (Å²) in [6, 6.07) is 10.6. The number of pyridine rings is 2. The Hall–Kier alpha value is -1.51. The third-order valence-corrected chi connectivity index (χ3v) is 15.1. The second-order valence-corrected chi connectivity index (χ2v) is 18.4. The Morgan fingerprint density at radius 3 is 1.14 bits per heavy atom. The molecule has 0 aliphatic rings. The van der Waals surface area contributed by atoms with E-state index in [-0.39, 0.29) is 0 Å². The van der Waals surface area contributed by atoms with Crippen molar-refractivity contribution in [1.82, 2.24) is 9.97 Å². The van der Waals surface area contributed by atoms with Crippen molar-refractivity contribution in [2.24, 2.45) is 0 Å². The van der Waals surface area contributed by atoms with Crippen molar-refractivity contribution >= 4 is 17.6 Å². The normalized spacial score (nSPS) is 12.2. The van der Waals surface area contributed by atoms with Gasteiger partial charge in [0.2, 0.25) is 0 Å². The molecule has 0 saturated heterocycles. The summed E-state index contributed by atoms with van der Waals surface area (Å²) >= 11 is 0. The van der Waals surface area contributed by atoms with Gasteiger partial charge in [-0.15, -0.1) is 0 Å². The monoisotopic (exact) mass is 718 g/mol. The minimum atomic E-state index is -2.49. The van der Waals surface area contributed by atoms with Crippen LogP contribution in [0, 0.1) is 0 Å². The largest absolute Gasteiger partial charge is 0.500 e. The van der Waals surface area contributed by atoms with E-state index < -0.39 is 17.6 Å². The maximum Gasteiger partial charge on any atom is 0.500 e. The van der Waals surface area contributed by atoms with Gasteiger partial charge >= 0.3 is 17.6 Å². The fourth-order valence-electron chi connectivity index (χ4n) is 6.50. The molecule has 2 aromatic heterocycles. The third-order valence-electron chi connectivity index (χ3n) is 8.94. The fourth-order valence-corrected chi connectivity index (χ4v) is 11.6. The average Bonchev–Trinajstić information content (AvgIpc) is 3.11. The van der Waals surface area contributed by atoms with E-state index in [1.807, 2.05) is 47.0 Å². The van der Waals surface area contributed by atoms with Gasteiger partial charge in [0.25, 0.3) is 0 Å². The molecule has 10 heteroatoms. The van der Waals surface area contributed by atoms with Crippen LogP contribution < -0.4 is 0 Å². The standard InChI is InChI=1S/C39H70N2O6Si2/c1-7-43-48(42-6,44-8-2)32-24-20-16-12-14-18-22-26-36-28-30-40-38(34-36)39-35-37(29-31-41-39)27-23-19-15-13-17-21-25-33-49(45-9-3,46-10-4)47-11-5/h28-31,34-35H,7-27,32-33H2,1-6H3. The third kappa shape index (κ3) is 18.0. The lowest BCUT2D eigenvalue weighted by molar-refractivity contribution is 0.0706. The molecule has 8 nitrogen and oxygen atoms in total. The molecule has 0 aliphatic heterocycles. The highest BCUT2D eigenvalue weighted by atomic mass is 28.4. The molecular formula is C39H70N2O6Si2. The van der Waals surface area contributed by atoms with Crippen LogP contribution in [-0.2, 0) is 39.4 Å². The molecule has 0 radical (unpaired) electrons. The van der Waals surface area contributed by atoms with Crippen LogP contribution in [0.2, 0.25) is 12.1 Å². The maximum absolute atomic E-state index is 5.99. The zero-order valence-corrected chi connectivity index (χ0v) is 34.1. The van der Waals surface area contributed by atoms with Crippen LogP contribution in [0.1, 0.15) is 136 Å². The van der Waals surface area contributed by atoms with Crippen molar-refractivity contribution in [2.45, 2.75) is 149 Å². The Bertz CT molecular complexity index is 1070. The first kappa shape index (κ1) is 43.7. The quantitative estimate of drug-likeness (QED) is 0.0546. The lowest BCUT2D eigenvalue weighted by Crippen LogP contribution is -2.45. The Morgan fingerprint density at radius 2 is 0.776 bits per heavy atom. The van der Waals surface area contributed by atoms with E-state index >= 15 is 0 Å². The van der Waals surface area contributed by atoms with Crippen molar-refractivity contribution in [3.05, 3.63) is 47.8 Å². The average molecular weight is 719 g/mol. The smallest absolute Gasteiger partial charge is 0.377 e. The number of hydrogen-bond donors (Lipinski definition) is 0. The summed E-state index contributed by atoms with van der Waals surface area (Å²) in [6.07, 6.45) is 23.3. The molecule has 2 aromatic rings. The van der Waals surface area contributed by atoms with E-state index in [4.69, 9.17) is 26.6 Å². The van der Waals surface area contributed by atoms with Gasteiger partial charge in [-0.25, -0.2) is 0 Å². The van der Waals surface area contributed by atoms with Crippen LogP contribution in [0.3, 0.4) is 0 Å². The van der Waals surface area contributed by atoms with Gasteiger partial charge < -0.3 is 26.6 Å². The van der Waals surface area contributed by atoms with E-state index in [1.165, 1.54) is 88.2 Å². The van der Waals surface area contributed by atoms with E-state index in [2.05, 4.69) is 34.2 Å². The Labute approximate surface area is 302 Å². The van der Waals surface area contributed by atoms with Gasteiger partial charge in [-0.2, -0.15) is 0 Å². The number of nitrogens with zero attached hydrogens (tertiary/aromatic N) is 2. The number of hydrogen-bond acceptors (Lipinski definition) is 8. The molecule has 0 atom stereocenters. The molecule has 0 spiro atoms. The molecule has 2 rings (SSSR count). The highest BCUT2D eigenvalue weighted by molar-refractivity contribution is 6.61. The topological polar surface area (TPSA) is 81.2 Å². The predicted molar refractivity (Wildman–Crippen MR) is 206 cm³/mol. The molecule has 0 aromatic carbocycles. The summed E-state index contributed by atoms with van der Waals surface area (Å²) in [7, 11) is -3.22. The molecule has 0 aliphatic carbocycles. The highest BCUT2D eigenvalue weighted by Crippen LogP contribution is 2.23. The van der Waals surface area contributed by atoms with Gasteiger partial charge in [0.15, 0.2) is 0 Å². The van der Waals surface area contributed by atoms with Crippen LogP contribution in [0.4, 0.5) is 0 Å². The first-order valence-electron chi connectivity index (χ1n) is 19.6. The minimum absolute atomic E-state index is 0.647. The van der Waals surface area contributed by atoms with Gasteiger partial charge in [0.1, 0.15) is 0 Å². The molecule has 0 bridgehead atoms. The fraction of sp³-hybridized carbons (Fsp3) is 0.744. The first-order valence-corrected chi connectivity index (χ1v) is 23.5. The molecular weight excluding hydrogens is 649 g/mol. The lowest BCUT2D eigenvalue weighted by atomic mass is 10.0. The van der Waals surface area contributed by atoms with Gasteiger partial charge in [0.05, 0.1) is 11.4 Å². The minimum Gasteiger partial charge on any atom is -0.377 e. The molecule has 0 saturated carbocycles. The van der Waals surface area contributed by atoms with E-state index in [9.17, 15) is 0 Å². The number of rotatable bonds is 32. The van der Waals surface area contributed by atoms with Crippen LogP contribution in [0.25, 0.3) is 11.4 Å². The van der Waals surface area contributed by atoms with E-state index in [0.29, 0.717) is 33.0 Å². The van der Waals surface area contributed by atoms with E-state index in [0.717, 1.165) is 49.2 Å². The Balaban J connectivity index is 1.62. The summed E-state index contributed by atoms with van der Waals surface area (Å²) in [6.45, 7) is 13.4. The Morgan fingerprint density at radius 1 is 0.449 bits per heavy atom. The van der Waals surface area contributed by atoms with Crippen molar-refractivity contribution in [3.63, 3.8) is 0 Å². The van der Waals surface area contributed by atoms with Gasteiger partial charge in [0, 0.05) is 64.6 Å². The molecule has 2 heterocycles. The maximum atomic E-state index is 5.99. The lowest BCUT2D eigenvalue weighted by Gasteiger charge is -2.28. The summed E-state index contributed by atoms with van der Waals surface area (Å²) in [5, 5.41) is 0. The highest BCUT2D eigenvalue weighted by Gasteiger charge is 2.40. The van der Waals surface area contributed by atoms with Crippen LogP contribution in [0.5, 0.6) is 0 Å². The van der Waals surface area contributed by atoms with Crippen molar-refractivity contribution in [1.29, 1.82) is 0 Å². The molecule has 0 unspecified atom stereocenters. The van der Waals surface area contributed by atoms with Crippen LogP contribution >= 0.6 is 0 Å². The molecule has 0 N–H and O–H groups in total. The predicted octanol–water partition coefficient (Wildman–Crippen LogP) is 10.4.